The van der Waals surface area contributed by atoms with Gasteiger partial charge in [-0.25, -0.2) is 0 Å². The first-order chi connectivity index (χ1) is 12.7. The molecule has 142 valence electrons. The Kier molecular flexibility index (Phi) is 8.79. The lowest BCUT2D eigenvalue weighted by atomic mass is 10.1. The number of aliphatic hydroxyl groups is 1. The van der Waals surface area contributed by atoms with Crippen LogP contribution in [0.2, 0.25) is 0 Å². The van der Waals surface area contributed by atoms with Crippen molar-refractivity contribution in [3.8, 4) is 17.2 Å². The number of benzene rings is 2. The summed E-state index contributed by atoms with van der Waals surface area (Å²) < 4.78 is 21.5. The fourth-order valence-electron chi connectivity index (χ4n) is 2.44. The van der Waals surface area contributed by atoms with Gasteiger partial charge in [0, 0.05) is 6.61 Å². The summed E-state index contributed by atoms with van der Waals surface area (Å²) in [6, 6.07) is 15.2. The maximum Gasteiger partial charge on any atom is 0.119 e. The van der Waals surface area contributed by atoms with Gasteiger partial charge >= 0.3 is 0 Å². The second-order valence-corrected chi connectivity index (χ2v) is 6.04. The molecule has 0 aliphatic rings. The molecule has 0 bridgehead atoms. The van der Waals surface area contributed by atoms with Crippen molar-refractivity contribution in [1.29, 1.82) is 0 Å². The second-order valence-electron chi connectivity index (χ2n) is 6.04. The van der Waals surface area contributed by atoms with Gasteiger partial charge in [-0.1, -0.05) is 12.1 Å². The summed E-state index contributed by atoms with van der Waals surface area (Å²) in [4.78, 5) is 0. The van der Waals surface area contributed by atoms with Gasteiger partial charge in [0.2, 0.25) is 0 Å². The van der Waals surface area contributed by atoms with Gasteiger partial charge in [0.15, 0.2) is 0 Å². The Morgan fingerprint density at radius 3 is 2.00 bits per heavy atom. The molecule has 0 fully saturated rings. The van der Waals surface area contributed by atoms with E-state index >= 15 is 0 Å². The van der Waals surface area contributed by atoms with Crippen LogP contribution in [0.5, 0.6) is 17.2 Å². The summed E-state index contributed by atoms with van der Waals surface area (Å²) in [5.41, 5.74) is 1.12. The van der Waals surface area contributed by atoms with Crippen LogP contribution in [0, 0.1) is 0 Å². The molecule has 0 saturated heterocycles. The van der Waals surface area contributed by atoms with Crippen LogP contribution in [0.15, 0.2) is 48.5 Å². The van der Waals surface area contributed by atoms with Crippen LogP contribution in [0.4, 0.5) is 0 Å². The maximum absolute atomic E-state index is 9.99. The number of unbranched alkanes of at least 4 members (excludes halogenated alkanes) is 1. The third-order valence-electron chi connectivity index (χ3n) is 4.01. The van der Waals surface area contributed by atoms with Gasteiger partial charge in [0.25, 0.3) is 0 Å². The molecule has 26 heavy (non-hydrogen) atoms. The van der Waals surface area contributed by atoms with Gasteiger partial charge in [-0.2, -0.15) is 0 Å². The lowest BCUT2D eigenvalue weighted by Gasteiger charge is -2.12. The van der Waals surface area contributed by atoms with E-state index in [9.17, 15) is 5.11 Å². The summed E-state index contributed by atoms with van der Waals surface area (Å²) >= 11 is 0. The molecular weight excluding hydrogens is 332 g/mol. The molecule has 5 heteroatoms. The highest BCUT2D eigenvalue weighted by molar-refractivity contribution is 5.31. The SMILES string of the molecule is COc1ccc(COCCCCC(O)COc2ccc(OC)cc2)cc1. The van der Waals surface area contributed by atoms with Gasteiger partial charge in [0.1, 0.15) is 23.9 Å². The number of hydrogen-bond acceptors (Lipinski definition) is 5. The lowest BCUT2D eigenvalue weighted by molar-refractivity contribution is 0.0871. The van der Waals surface area contributed by atoms with Crippen molar-refractivity contribution in [2.45, 2.75) is 32.0 Å². The predicted molar refractivity (Wildman–Crippen MR) is 101 cm³/mol. The molecule has 5 nitrogen and oxygen atoms in total. The van der Waals surface area contributed by atoms with E-state index in [1.54, 1.807) is 14.2 Å². The summed E-state index contributed by atoms with van der Waals surface area (Å²) in [7, 11) is 3.28. The fourth-order valence-corrected chi connectivity index (χ4v) is 2.44. The van der Waals surface area contributed by atoms with Gasteiger partial charge in [-0.05, 0) is 61.2 Å². The van der Waals surface area contributed by atoms with Crippen molar-refractivity contribution in [2.24, 2.45) is 0 Å². The van der Waals surface area contributed by atoms with E-state index in [-0.39, 0.29) is 0 Å². The molecule has 2 rings (SSSR count). The third kappa shape index (κ3) is 7.33. The van der Waals surface area contributed by atoms with E-state index in [4.69, 9.17) is 18.9 Å². The zero-order chi connectivity index (χ0) is 18.6. The summed E-state index contributed by atoms with van der Waals surface area (Å²) in [5.74, 6) is 2.36. The van der Waals surface area contributed by atoms with Crippen molar-refractivity contribution in [1.82, 2.24) is 0 Å². The quantitative estimate of drug-likeness (QED) is 0.583. The van der Waals surface area contributed by atoms with Gasteiger partial charge < -0.3 is 24.1 Å². The Hall–Kier alpha value is -2.24. The predicted octanol–water partition coefficient (Wildman–Crippen LogP) is 3.83. The molecule has 0 radical (unpaired) electrons. The average molecular weight is 360 g/mol. The first-order valence-electron chi connectivity index (χ1n) is 8.87. The molecule has 0 spiro atoms. The lowest BCUT2D eigenvalue weighted by Crippen LogP contribution is -2.17. The van der Waals surface area contributed by atoms with E-state index in [0.29, 0.717) is 26.2 Å². The van der Waals surface area contributed by atoms with Crippen LogP contribution >= 0.6 is 0 Å². The van der Waals surface area contributed by atoms with E-state index in [1.165, 1.54) is 0 Å². The van der Waals surface area contributed by atoms with Crippen LogP contribution in [0.1, 0.15) is 24.8 Å². The van der Waals surface area contributed by atoms with E-state index in [2.05, 4.69) is 0 Å². The van der Waals surface area contributed by atoms with Gasteiger partial charge in [0.05, 0.1) is 26.9 Å². The minimum atomic E-state index is -0.473. The van der Waals surface area contributed by atoms with Crippen LogP contribution < -0.4 is 14.2 Å². The molecule has 0 aliphatic heterocycles. The Bertz CT molecular complexity index is 609. The van der Waals surface area contributed by atoms with Crippen LogP contribution in [0.25, 0.3) is 0 Å². The fraction of sp³-hybridized carbons (Fsp3) is 0.429. The van der Waals surface area contributed by atoms with E-state index in [0.717, 1.165) is 35.7 Å². The second kappa shape index (κ2) is 11.4. The molecule has 1 atom stereocenters. The van der Waals surface area contributed by atoms with Crippen molar-refractivity contribution in [3.05, 3.63) is 54.1 Å². The highest BCUT2D eigenvalue weighted by Gasteiger charge is 2.05. The Morgan fingerprint density at radius 2 is 1.38 bits per heavy atom. The maximum atomic E-state index is 9.99. The van der Waals surface area contributed by atoms with Crippen LogP contribution in [-0.4, -0.2) is 38.6 Å². The largest absolute Gasteiger partial charge is 0.497 e. The minimum absolute atomic E-state index is 0.291. The number of aliphatic hydroxyl groups excluding tert-OH is 1. The number of methoxy groups -OCH3 is 2. The summed E-state index contributed by atoms with van der Waals surface area (Å²) in [6.45, 7) is 1.56. The molecule has 0 heterocycles. The molecule has 1 unspecified atom stereocenters. The van der Waals surface area contributed by atoms with E-state index < -0.39 is 6.10 Å². The Labute approximate surface area is 155 Å². The average Bonchev–Trinajstić information content (AvgIpc) is 2.69. The zero-order valence-corrected chi connectivity index (χ0v) is 15.5. The molecular formula is C21H28O5. The van der Waals surface area contributed by atoms with Gasteiger partial charge in [-0.3, -0.25) is 0 Å². The number of rotatable bonds is 12. The normalized spacial score (nSPS) is 11.8. The van der Waals surface area contributed by atoms with Crippen molar-refractivity contribution < 1.29 is 24.1 Å². The number of hydrogen-bond donors (Lipinski definition) is 1. The van der Waals surface area contributed by atoms with Gasteiger partial charge in [-0.15, -0.1) is 0 Å². The first kappa shape index (κ1) is 20.1. The first-order valence-corrected chi connectivity index (χ1v) is 8.87. The van der Waals surface area contributed by atoms with Crippen molar-refractivity contribution >= 4 is 0 Å². The summed E-state index contributed by atoms with van der Waals surface area (Å²) in [5, 5.41) is 9.99. The molecule has 0 saturated carbocycles. The smallest absolute Gasteiger partial charge is 0.119 e. The minimum Gasteiger partial charge on any atom is -0.497 e. The van der Waals surface area contributed by atoms with Crippen molar-refractivity contribution in [2.75, 3.05) is 27.4 Å². The Balaban J connectivity index is 1.51. The van der Waals surface area contributed by atoms with Crippen LogP contribution in [-0.2, 0) is 11.3 Å². The highest BCUT2D eigenvalue weighted by Crippen LogP contribution is 2.17. The number of ether oxygens (including phenoxy) is 4. The molecule has 0 amide bonds. The topological polar surface area (TPSA) is 57.2 Å². The third-order valence-corrected chi connectivity index (χ3v) is 4.01. The Morgan fingerprint density at radius 1 is 0.808 bits per heavy atom. The monoisotopic (exact) mass is 360 g/mol. The molecule has 0 aromatic heterocycles. The van der Waals surface area contributed by atoms with Crippen molar-refractivity contribution in [3.63, 3.8) is 0 Å². The molecule has 0 aliphatic carbocycles. The van der Waals surface area contributed by atoms with Crippen LogP contribution in [0.3, 0.4) is 0 Å². The zero-order valence-electron chi connectivity index (χ0n) is 15.5. The standard InChI is InChI=1S/C21H28O5/c1-23-19-8-6-17(7-9-19)15-25-14-4-3-5-18(22)16-26-21-12-10-20(24-2)11-13-21/h6-13,18,22H,3-5,14-16H2,1-2H3. The molecule has 2 aromatic carbocycles. The summed E-state index contributed by atoms with van der Waals surface area (Å²) in [6.07, 6.45) is 2.03. The van der Waals surface area contributed by atoms with E-state index in [1.807, 2.05) is 48.5 Å². The highest BCUT2D eigenvalue weighted by atomic mass is 16.5. The molecule has 1 N–H and O–H groups in total. The molecule has 2 aromatic rings.